The summed E-state index contributed by atoms with van der Waals surface area (Å²) in [6, 6.07) is 8.62. The Hall–Kier alpha value is -0.630. The SMILES string of the molecule is CCCc1ccc(NSC)cc1. The highest BCUT2D eigenvalue weighted by molar-refractivity contribution is 7.99. The minimum Gasteiger partial charge on any atom is -0.330 e. The van der Waals surface area contributed by atoms with Crippen LogP contribution in [0.5, 0.6) is 0 Å². The molecule has 0 radical (unpaired) electrons. The Balaban J connectivity index is 2.58. The van der Waals surface area contributed by atoms with Gasteiger partial charge >= 0.3 is 0 Å². The molecule has 0 saturated carbocycles. The molecule has 0 heterocycles. The van der Waals surface area contributed by atoms with Crippen molar-refractivity contribution in [3.8, 4) is 0 Å². The number of aryl methyl sites for hydroxylation is 1. The van der Waals surface area contributed by atoms with Crippen LogP contribution in [0, 0.1) is 0 Å². The van der Waals surface area contributed by atoms with Crippen molar-refractivity contribution in [1.29, 1.82) is 0 Å². The number of nitrogens with one attached hydrogen (secondary N) is 1. The van der Waals surface area contributed by atoms with Gasteiger partial charge in [-0.3, -0.25) is 0 Å². The van der Waals surface area contributed by atoms with Gasteiger partial charge in [0.1, 0.15) is 0 Å². The lowest BCUT2D eigenvalue weighted by atomic mass is 10.1. The molecule has 0 atom stereocenters. The Bertz CT molecular complexity index is 193. The Kier molecular flexibility index (Phi) is 4.01. The molecule has 0 amide bonds. The van der Waals surface area contributed by atoms with Crippen LogP contribution in [0.4, 0.5) is 5.69 Å². The molecule has 0 aromatic heterocycles. The highest BCUT2D eigenvalue weighted by Gasteiger charge is 1.91. The van der Waals surface area contributed by atoms with Gasteiger partial charge in [-0.25, -0.2) is 0 Å². The third kappa shape index (κ3) is 2.78. The molecule has 0 fully saturated rings. The summed E-state index contributed by atoms with van der Waals surface area (Å²) >= 11 is 1.62. The van der Waals surface area contributed by atoms with Crippen molar-refractivity contribution < 1.29 is 0 Å². The van der Waals surface area contributed by atoms with E-state index in [0.717, 1.165) is 0 Å². The molecule has 12 heavy (non-hydrogen) atoms. The quantitative estimate of drug-likeness (QED) is 0.715. The molecule has 0 aliphatic rings. The van der Waals surface area contributed by atoms with Crippen molar-refractivity contribution in [2.45, 2.75) is 19.8 Å². The molecule has 1 nitrogen and oxygen atoms in total. The summed E-state index contributed by atoms with van der Waals surface area (Å²) < 4.78 is 3.19. The predicted octanol–water partition coefficient (Wildman–Crippen LogP) is 3.33. The molecule has 1 aromatic carbocycles. The van der Waals surface area contributed by atoms with Crippen LogP contribution in [0.1, 0.15) is 18.9 Å². The summed E-state index contributed by atoms with van der Waals surface area (Å²) in [5, 5.41) is 0. The van der Waals surface area contributed by atoms with E-state index in [2.05, 4.69) is 35.9 Å². The van der Waals surface area contributed by atoms with Crippen LogP contribution in [0.3, 0.4) is 0 Å². The molecule has 2 heteroatoms. The molecule has 0 spiro atoms. The number of rotatable bonds is 4. The first kappa shape index (κ1) is 9.46. The van der Waals surface area contributed by atoms with Crippen molar-refractivity contribution in [2.75, 3.05) is 11.0 Å². The van der Waals surface area contributed by atoms with Gasteiger partial charge in [0.2, 0.25) is 0 Å². The maximum Gasteiger partial charge on any atom is 0.0440 e. The lowest BCUT2D eigenvalue weighted by Gasteiger charge is -2.02. The van der Waals surface area contributed by atoms with Gasteiger partial charge in [0.25, 0.3) is 0 Å². The molecule has 0 bridgehead atoms. The lowest BCUT2D eigenvalue weighted by Crippen LogP contribution is -1.86. The minimum atomic E-state index is 1.18. The second-order valence-electron chi connectivity index (χ2n) is 2.75. The van der Waals surface area contributed by atoms with E-state index < -0.39 is 0 Å². The first-order valence-electron chi connectivity index (χ1n) is 4.24. The van der Waals surface area contributed by atoms with E-state index in [1.807, 2.05) is 6.26 Å². The fourth-order valence-corrected chi connectivity index (χ4v) is 1.52. The van der Waals surface area contributed by atoms with E-state index in [0.29, 0.717) is 0 Å². The molecule has 66 valence electrons. The van der Waals surface area contributed by atoms with Gasteiger partial charge in [-0.1, -0.05) is 37.4 Å². The van der Waals surface area contributed by atoms with E-state index >= 15 is 0 Å². The van der Waals surface area contributed by atoms with Crippen LogP contribution in [0.25, 0.3) is 0 Å². The summed E-state index contributed by atoms with van der Waals surface area (Å²) in [5.74, 6) is 0. The smallest absolute Gasteiger partial charge is 0.0440 e. The van der Waals surface area contributed by atoms with E-state index in [4.69, 9.17) is 0 Å². The zero-order chi connectivity index (χ0) is 8.81. The molecule has 0 aliphatic carbocycles. The zero-order valence-electron chi connectivity index (χ0n) is 7.63. The Morgan fingerprint density at radius 3 is 2.42 bits per heavy atom. The van der Waals surface area contributed by atoms with Crippen LogP contribution >= 0.6 is 11.9 Å². The summed E-state index contributed by atoms with van der Waals surface area (Å²) in [4.78, 5) is 0. The van der Waals surface area contributed by atoms with E-state index in [1.54, 1.807) is 11.9 Å². The fraction of sp³-hybridized carbons (Fsp3) is 0.400. The van der Waals surface area contributed by atoms with Crippen LogP contribution in [-0.4, -0.2) is 6.26 Å². The molecular weight excluding hydrogens is 166 g/mol. The fourth-order valence-electron chi connectivity index (χ4n) is 1.15. The van der Waals surface area contributed by atoms with Gasteiger partial charge in [0.15, 0.2) is 0 Å². The van der Waals surface area contributed by atoms with Gasteiger partial charge in [0.05, 0.1) is 0 Å². The standard InChI is InChI=1S/C10H15NS/c1-3-4-9-5-7-10(8-6-9)11-12-2/h5-8,11H,3-4H2,1-2H3. The number of hydrogen-bond acceptors (Lipinski definition) is 2. The average molecular weight is 181 g/mol. The van der Waals surface area contributed by atoms with Crippen molar-refractivity contribution in [2.24, 2.45) is 0 Å². The van der Waals surface area contributed by atoms with Crippen LogP contribution in [0.2, 0.25) is 0 Å². The van der Waals surface area contributed by atoms with Gasteiger partial charge < -0.3 is 4.72 Å². The molecule has 1 N–H and O–H groups in total. The van der Waals surface area contributed by atoms with Crippen molar-refractivity contribution in [1.82, 2.24) is 0 Å². The number of anilines is 1. The van der Waals surface area contributed by atoms with Gasteiger partial charge in [-0.15, -0.1) is 0 Å². The second kappa shape index (κ2) is 5.09. The molecular formula is C10H15NS. The second-order valence-corrected chi connectivity index (χ2v) is 3.37. The number of benzene rings is 1. The van der Waals surface area contributed by atoms with Crippen molar-refractivity contribution >= 4 is 17.6 Å². The maximum absolute atomic E-state index is 3.19. The molecule has 0 saturated heterocycles. The summed E-state index contributed by atoms with van der Waals surface area (Å²) in [6.07, 6.45) is 4.43. The van der Waals surface area contributed by atoms with E-state index in [9.17, 15) is 0 Å². The van der Waals surface area contributed by atoms with Gasteiger partial charge in [-0.05, 0) is 24.1 Å². The van der Waals surface area contributed by atoms with Gasteiger partial charge in [0, 0.05) is 11.9 Å². The Morgan fingerprint density at radius 1 is 1.25 bits per heavy atom. The topological polar surface area (TPSA) is 12.0 Å². The first-order chi connectivity index (χ1) is 5.86. The van der Waals surface area contributed by atoms with Crippen LogP contribution < -0.4 is 4.72 Å². The predicted molar refractivity (Wildman–Crippen MR) is 57.6 cm³/mol. The molecule has 0 aliphatic heterocycles. The van der Waals surface area contributed by atoms with E-state index in [-0.39, 0.29) is 0 Å². The third-order valence-electron chi connectivity index (χ3n) is 1.71. The minimum absolute atomic E-state index is 1.18. The molecule has 1 aromatic rings. The van der Waals surface area contributed by atoms with Crippen LogP contribution in [-0.2, 0) is 6.42 Å². The largest absolute Gasteiger partial charge is 0.330 e. The summed E-state index contributed by atoms with van der Waals surface area (Å²) in [5.41, 5.74) is 2.60. The number of hydrogen-bond donors (Lipinski definition) is 1. The van der Waals surface area contributed by atoms with E-state index in [1.165, 1.54) is 24.1 Å². The Labute approximate surface area is 78.7 Å². The first-order valence-corrected chi connectivity index (χ1v) is 5.47. The summed E-state index contributed by atoms with van der Waals surface area (Å²) in [6.45, 7) is 2.20. The normalized spacial score (nSPS) is 9.83. The highest BCUT2D eigenvalue weighted by Crippen LogP contribution is 2.13. The van der Waals surface area contributed by atoms with Gasteiger partial charge in [-0.2, -0.15) is 0 Å². The average Bonchev–Trinajstić information content (AvgIpc) is 2.09. The Morgan fingerprint density at radius 2 is 1.92 bits per heavy atom. The van der Waals surface area contributed by atoms with Crippen molar-refractivity contribution in [3.63, 3.8) is 0 Å². The zero-order valence-corrected chi connectivity index (χ0v) is 8.45. The molecule has 0 unspecified atom stereocenters. The maximum atomic E-state index is 3.19. The molecule has 1 rings (SSSR count). The highest BCUT2D eigenvalue weighted by atomic mass is 32.2. The summed E-state index contributed by atoms with van der Waals surface area (Å²) in [7, 11) is 0. The van der Waals surface area contributed by atoms with Crippen molar-refractivity contribution in [3.05, 3.63) is 29.8 Å². The third-order valence-corrected chi connectivity index (χ3v) is 2.15. The lowest BCUT2D eigenvalue weighted by molar-refractivity contribution is 0.922. The monoisotopic (exact) mass is 181 g/mol. The van der Waals surface area contributed by atoms with Crippen LogP contribution in [0.15, 0.2) is 24.3 Å².